The minimum atomic E-state index is -3.94. The van der Waals surface area contributed by atoms with Gasteiger partial charge in [-0.15, -0.1) is 0 Å². The molecule has 0 heterocycles. The van der Waals surface area contributed by atoms with Crippen LogP contribution < -0.4 is 14.5 Å². The third-order valence-corrected chi connectivity index (χ3v) is 6.32. The number of hydrazone groups is 1. The molecule has 0 fully saturated rings. The third-order valence-electron chi connectivity index (χ3n) is 4.53. The lowest BCUT2D eigenvalue weighted by atomic mass is 10.2. The van der Waals surface area contributed by atoms with Gasteiger partial charge in [-0.3, -0.25) is 9.10 Å². The Balaban J connectivity index is 1.68. The lowest BCUT2D eigenvalue weighted by Crippen LogP contribution is -2.39. The number of hydrogen-bond acceptors (Lipinski definition) is 5. The van der Waals surface area contributed by atoms with Crippen LogP contribution in [0.3, 0.4) is 0 Å². The number of carbonyl (C=O) groups is 1. The monoisotopic (exact) mass is 465 g/mol. The number of carbonyl (C=O) groups excluding carboxylic acids is 1. The van der Waals surface area contributed by atoms with Gasteiger partial charge in [-0.1, -0.05) is 50.2 Å². The molecule has 0 aliphatic rings. The van der Waals surface area contributed by atoms with Crippen molar-refractivity contribution < 1.29 is 17.9 Å². The molecule has 0 saturated carbocycles. The Morgan fingerprint density at radius 2 is 1.58 bits per heavy atom. The Kier molecular flexibility index (Phi) is 8.21. The molecule has 8 heteroatoms. The van der Waals surface area contributed by atoms with Gasteiger partial charge in [0.15, 0.2) is 0 Å². The summed E-state index contributed by atoms with van der Waals surface area (Å²) in [6.45, 7) is 4.37. The summed E-state index contributed by atoms with van der Waals surface area (Å²) in [5, 5.41) is 3.96. The molecule has 0 aliphatic heterocycles. The number of hydrogen-bond donors (Lipinski definition) is 1. The summed E-state index contributed by atoms with van der Waals surface area (Å²) in [4.78, 5) is 12.6. The molecule has 0 bridgehead atoms. The molecule has 7 nitrogen and oxygen atoms in total. The topological polar surface area (TPSA) is 88.1 Å². The highest BCUT2D eigenvalue weighted by molar-refractivity contribution is 7.92. The van der Waals surface area contributed by atoms with E-state index in [2.05, 4.69) is 24.4 Å². The molecule has 3 rings (SSSR count). The van der Waals surface area contributed by atoms with Crippen LogP contribution in [0, 0.1) is 5.92 Å². The largest absolute Gasteiger partial charge is 0.493 e. The van der Waals surface area contributed by atoms with Crippen LogP contribution >= 0.6 is 0 Å². The first-order valence-electron chi connectivity index (χ1n) is 10.5. The normalized spacial score (nSPS) is 11.5. The Bertz CT molecular complexity index is 1160. The lowest BCUT2D eigenvalue weighted by molar-refractivity contribution is -0.119. The first-order chi connectivity index (χ1) is 15.9. The summed E-state index contributed by atoms with van der Waals surface area (Å²) in [5.41, 5.74) is 3.56. The summed E-state index contributed by atoms with van der Waals surface area (Å²) in [7, 11) is -3.94. The minimum absolute atomic E-state index is 0.102. The number of sulfonamides is 1. The van der Waals surface area contributed by atoms with Crippen molar-refractivity contribution in [3.8, 4) is 5.75 Å². The fraction of sp³-hybridized carbons (Fsp3) is 0.200. The van der Waals surface area contributed by atoms with E-state index in [1.54, 1.807) is 48.5 Å². The van der Waals surface area contributed by atoms with Gasteiger partial charge in [0, 0.05) is 0 Å². The molecule has 0 aromatic heterocycles. The molecule has 0 spiro atoms. The van der Waals surface area contributed by atoms with Gasteiger partial charge in [0.1, 0.15) is 12.3 Å². The summed E-state index contributed by atoms with van der Waals surface area (Å²) in [5.74, 6) is 0.628. The van der Waals surface area contributed by atoms with E-state index in [0.29, 0.717) is 18.2 Å². The van der Waals surface area contributed by atoms with Crippen LogP contribution in [0.1, 0.15) is 19.4 Å². The zero-order valence-electron chi connectivity index (χ0n) is 18.6. The van der Waals surface area contributed by atoms with Crippen molar-refractivity contribution in [2.24, 2.45) is 11.0 Å². The second-order valence-electron chi connectivity index (χ2n) is 7.73. The van der Waals surface area contributed by atoms with Gasteiger partial charge in [0.25, 0.3) is 15.9 Å². The highest BCUT2D eigenvalue weighted by atomic mass is 32.2. The average molecular weight is 466 g/mol. The molecule has 0 saturated heterocycles. The molecule has 0 unspecified atom stereocenters. The van der Waals surface area contributed by atoms with Crippen molar-refractivity contribution in [1.82, 2.24) is 5.43 Å². The van der Waals surface area contributed by atoms with E-state index in [0.717, 1.165) is 15.6 Å². The van der Waals surface area contributed by atoms with Gasteiger partial charge in [0.05, 0.1) is 23.4 Å². The van der Waals surface area contributed by atoms with Crippen molar-refractivity contribution in [2.75, 3.05) is 17.5 Å². The summed E-state index contributed by atoms with van der Waals surface area (Å²) in [6.07, 6.45) is 1.49. The summed E-state index contributed by atoms with van der Waals surface area (Å²) >= 11 is 0. The van der Waals surface area contributed by atoms with Crippen molar-refractivity contribution in [1.29, 1.82) is 0 Å². The number of amides is 1. The summed E-state index contributed by atoms with van der Waals surface area (Å²) in [6, 6.07) is 23.8. The SMILES string of the molecule is CC(C)COc1ccc(/C=N\NC(=O)CN(c2ccccc2)S(=O)(=O)c2ccccc2)cc1. The predicted octanol–water partition coefficient (Wildman–Crippen LogP) is 4.07. The number of rotatable bonds is 10. The molecular formula is C25H27N3O4S. The van der Waals surface area contributed by atoms with Crippen molar-refractivity contribution in [3.63, 3.8) is 0 Å². The van der Waals surface area contributed by atoms with Gasteiger partial charge >= 0.3 is 0 Å². The van der Waals surface area contributed by atoms with Crippen LogP contribution in [0.5, 0.6) is 5.75 Å². The number of nitrogens with zero attached hydrogens (tertiary/aromatic N) is 2. The standard InChI is InChI=1S/C25H27N3O4S/c1-20(2)19-32-23-15-13-21(14-16-23)17-26-27-25(29)18-28(22-9-5-3-6-10-22)33(30,31)24-11-7-4-8-12-24/h3-17,20H,18-19H2,1-2H3,(H,27,29)/b26-17-. The maximum absolute atomic E-state index is 13.2. The zero-order chi connectivity index (χ0) is 23.7. The molecule has 1 N–H and O–H groups in total. The highest BCUT2D eigenvalue weighted by Crippen LogP contribution is 2.23. The predicted molar refractivity (Wildman–Crippen MR) is 130 cm³/mol. The molecule has 3 aromatic carbocycles. The van der Waals surface area contributed by atoms with Gasteiger partial charge in [-0.2, -0.15) is 5.10 Å². The number of nitrogens with one attached hydrogen (secondary N) is 1. The van der Waals surface area contributed by atoms with Crippen LogP contribution in [-0.2, 0) is 14.8 Å². The van der Waals surface area contributed by atoms with Crippen molar-refractivity contribution in [2.45, 2.75) is 18.7 Å². The first-order valence-corrected chi connectivity index (χ1v) is 12.0. The minimum Gasteiger partial charge on any atom is -0.493 e. The van der Waals surface area contributed by atoms with Crippen LogP contribution in [0.4, 0.5) is 5.69 Å². The lowest BCUT2D eigenvalue weighted by Gasteiger charge is -2.23. The molecule has 0 radical (unpaired) electrons. The highest BCUT2D eigenvalue weighted by Gasteiger charge is 2.26. The maximum Gasteiger partial charge on any atom is 0.264 e. The molecule has 1 amide bonds. The van der Waals surface area contributed by atoms with E-state index >= 15 is 0 Å². The van der Waals surface area contributed by atoms with Crippen LogP contribution in [0.2, 0.25) is 0 Å². The molecular weight excluding hydrogens is 438 g/mol. The second kappa shape index (κ2) is 11.3. The van der Waals surface area contributed by atoms with E-state index in [1.807, 2.05) is 24.3 Å². The van der Waals surface area contributed by atoms with Crippen LogP contribution in [-0.4, -0.2) is 33.7 Å². The summed E-state index contributed by atoms with van der Waals surface area (Å²) < 4.78 is 33.1. The number of anilines is 1. The second-order valence-corrected chi connectivity index (χ2v) is 9.59. The fourth-order valence-electron chi connectivity index (χ4n) is 2.89. The fourth-order valence-corrected chi connectivity index (χ4v) is 4.33. The van der Waals surface area contributed by atoms with E-state index in [9.17, 15) is 13.2 Å². The number of benzene rings is 3. The van der Waals surface area contributed by atoms with Crippen molar-refractivity contribution in [3.05, 3.63) is 90.5 Å². The smallest absolute Gasteiger partial charge is 0.264 e. The van der Waals surface area contributed by atoms with Crippen LogP contribution in [0.15, 0.2) is 94.9 Å². The van der Waals surface area contributed by atoms with Crippen LogP contribution in [0.25, 0.3) is 0 Å². The third kappa shape index (κ3) is 6.92. The zero-order valence-corrected chi connectivity index (χ0v) is 19.4. The molecule has 172 valence electrons. The number of ether oxygens (including phenoxy) is 1. The van der Waals surface area contributed by atoms with E-state index in [-0.39, 0.29) is 4.90 Å². The molecule has 0 atom stereocenters. The van der Waals surface area contributed by atoms with Crippen molar-refractivity contribution >= 4 is 27.8 Å². The Morgan fingerprint density at radius 1 is 0.970 bits per heavy atom. The number of para-hydroxylation sites is 1. The van der Waals surface area contributed by atoms with E-state index in [4.69, 9.17) is 4.74 Å². The average Bonchev–Trinajstić information content (AvgIpc) is 2.83. The molecule has 3 aromatic rings. The molecule has 0 aliphatic carbocycles. The maximum atomic E-state index is 13.2. The Morgan fingerprint density at radius 3 is 2.18 bits per heavy atom. The molecule has 33 heavy (non-hydrogen) atoms. The van der Waals surface area contributed by atoms with Gasteiger partial charge in [-0.25, -0.2) is 13.8 Å². The Labute approximate surface area is 194 Å². The van der Waals surface area contributed by atoms with Gasteiger partial charge in [-0.05, 0) is 60.0 Å². The first kappa shape index (κ1) is 24.0. The Hall–Kier alpha value is -3.65. The van der Waals surface area contributed by atoms with Gasteiger partial charge < -0.3 is 4.74 Å². The van der Waals surface area contributed by atoms with E-state index in [1.165, 1.54) is 18.3 Å². The van der Waals surface area contributed by atoms with E-state index < -0.39 is 22.5 Å². The van der Waals surface area contributed by atoms with Gasteiger partial charge in [0.2, 0.25) is 0 Å². The quantitative estimate of drug-likeness (QED) is 0.361.